The van der Waals surface area contributed by atoms with Gasteiger partial charge in [-0.25, -0.2) is 0 Å². The van der Waals surface area contributed by atoms with Crippen molar-refractivity contribution in [2.45, 2.75) is 195 Å². The molecule has 290 valence electrons. The maximum atomic E-state index is 9.60. The van der Waals surface area contributed by atoms with E-state index in [-0.39, 0.29) is 41.3 Å². The maximum absolute atomic E-state index is 9.60. The highest BCUT2D eigenvalue weighted by Crippen LogP contribution is 2.53. The highest BCUT2D eigenvalue weighted by Gasteiger charge is 2.60. The van der Waals surface area contributed by atoms with Crippen LogP contribution >= 0.6 is 0 Å². The van der Waals surface area contributed by atoms with Crippen LogP contribution in [0.1, 0.15) is 164 Å². The van der Waals surface area contributed by atoms with Crippen molar-refractivity contribution in [3.05, 3.63) is 0 Å². The lowest BCUT2D eigenvalue weighted by molar-refractivity contribution is -0.247. The molecular formula is C42H80O7. The van der Waals surface area contributed by atoms with E-state index in [9.17, 15) is 25.5 Å². The molecular weight excluding hydrogens is 616 g/mol. The van der Waals surface area contributed by atoms with E-state index in [4.69, 9.17) is 10.2 Å². The monoisotopic (exact) mass is 697 g/mol. The first-order valence-electron chi connectivity index (χ1n) is 20.5. The van der Waals surface area contributed by atoms with Gasteiger partial charge in [0, 0.05) is 24.0 Å². The Hall–Kier alpha value is -0.280. The lowest BCUT2D eigenvalue weighted by Gasteiger charge is -2.59. The highest BCUT2D eigenvalue weighted by molar-refractivity contribution is 5.09. The van der Waals surface area contributed by atoms with Gasteiger partial charge in [0.2, 0.25) is 0 Å². The fourth-order valence-corrected chi connectivity index (χ4v) is 10.8. The minimum Gasteiger partial charge on any atom is -0.396 e. The summed E-state index contributed by atoms with van der Waals surface area (Å²) in [5.41, 5.74) is -0.243. The van der Waals surface area contributed by atoms with Crippen LogP contribution in [0.3, 0.4) is 0 Å². The Morgan fingerprint density at radius 1 is 0.469 bits per heavy atom. The Balaban J connectivity index is 0.000000182. The molecule has 6 rings (SSSR count). The van der Waals surface area contributed by atoms with Crippen molar-refractivity contribution in [1.82, 2.24) is 0 Å². The standard InChI is InChI=1S/C15H28O2.C11H20O.2C8H16O2/c1-15(2,11-3-7-13(16)8-4-11)12-5-9-14(17)10-6-12;1-8-2-3-10-7-11(12)5-4-9(10)6-8;1-7(2)5(9)8(3,4)6(7)10;9-5-7-1-2-8(6-10)4-3-7/h11-14,16-17H,3-10H2,1-2H3;8-12H,2-7H2,1H3;5-6,9-10H,1-4H3;7-10H,1-6H2. The quantitative estimate of drug-likeness (QED) is 0.164. The lowest BCUT2D eigenvalue weighted by atomic mass is 9.51. The Morgan fingerprint density at radius 3 is 1.18 bits per heavy atom. The first-order chi connectivity index (χ1) is 22.9. The van der Waals surface area contributed by atoms with Gasteiger partial charge in [-0.2, -0.15) is 0 Å². The smallest absolute Gasteiger partial charge is 0.0691 e. The zero-order valence-corrected chi connectivity index (χ0v) is 32.7. The number of fused-ring (bicyclic) bond motifs is 1. The molecule has 6 fully saturated rings. The minimum absolute atomic E-state index is 0.0275. The number of hydrogen-bond donors (Lipinski definition) is 7. The predicted molar refractivity (Wildman–Crippen MR) is 199 cm³/mol. The molecule has 4 atom stereocenters. The van der Waals surface area contributed by atoms with Crippen LogP contribution in [0.25, 0.3) is 0 Å². The van der Waals surface area contributed by atoms with Gasteiger partial charge in [-0.05, 0) is 156 Å². The summed E-state index contributed by atoms with van der Waals surface area (Å²) in [6, 6.07) is 0. The van der Waals surface area contributed by atoms with Gasteiger partial charge < -0.3 is 35.7 Å². The zero-order chi connectivity index (χ0) is 36.6. The molecule has 0 spiro atoms. The van der Waals surface area contributed by atoms with E-state index in [2.05, 4.69) is 20.8 Å². The Labute approximate surface area is 300 Å². The lowest BCUT2D eigenvalue weighted by Crippen LogP contribution is -2.67. The Morgan fingerprint density at radius 2 is 0.816 bits per heavy atom. The molecule has 6 aliphatic rings. The largest absolute Gasteiger partial charge is 0.396 e. The molecule has 0 bridgehead atoms. The highest BCUT2D eigenvalue weighted by atomic mass is 16.3. The van der Waals surface area contributed by atoms with Gasteiger partial charge in [-0.15, -0.1) is 0 Å². The fourth-order valence-electron chi connectivity index (χ4n) is 10.8. The molecule has 0 amide bonds. The van der Waals surface area contributed by atoms with E-state index >= 15 is 0 Å². The third kappa shape index (κ3) is 11.9. The molecule has 7 nitrogen and oxygen atoms in total. The topological polar surface area (TPSA) is 142 Å². The number of aliphatic hydroxyl groups excluding tert-OH is 7. The second-order valence-electron chi connectivity index (χ2n) is 19.4. The van der Waals surface area contributed by atoms with Crippen molar-refractivity contribution in [3.63, 3.8) is 0 Å². The van der Waals surface area contributed by atoms with E-state index in [0.29, 0.717) is 30.5 Å². The van der Waals surface area contributed by atoms with E-state index in [0.717, 1.165) is 93.8 Å². The Bertz CT molecular complexity index is 828. The first kappa shape index (κ1) is 43.1. The van der Waals surface area contributed by atoms with Crippen LogP contribution in [0.15, 0.2) is 0 Å². The van der Waals surface area contributed by atoms with E-state index in [1.807, 2.05) is 27.7 Å². The molecule has 0 saturated heterocycles. The van der Waals surface area contributed by atoms with Gasteiger partial charge in [0.05, 0.1) is 30.5 Å². The van der Waals surface area contributed by atoms with E-state index in [1.54, 1.807) is 0 Å². The molecule has 6 aliphatic carbocycles. The molecule has 0 aliphatic heterocycles. The molecule has 6 saturated carbocycles. The molecule has 0 heterocycles. The molecule has 0 aromatic heterocycles. The van der Waals surface area contributed by atoms with Crippen molar-refractivity contribution in [3.8, 4) is 0 Å². The van der Waals surface area contributed by atoms with Crippen molar-refractivity contribution < 1.29 is 35.7 Å². The molecule has 0 aromatic carbocycles. The van der Waals surface area contributed by atoms with E-state index in [1.165, 1.54) is 51.4 Å². The third-order valence-corrected chi connectivity index (χ3v) is 14.6. The molecule has 49 heavy (non-hydrogen) atoms. The van der Waals surface area contributed by atoms with E-state index < -0.39 is 0 Å². The van der Waals surface area contributed by atoms with Crippen molar-refractivity contribution >= 4 is 0 Å². The van der Waals surface area contributed by atoms with Gasteiger partial charge >= 0.3 is 0 Å². The molecule has 7 N–H and O–H groups in total. The average Bonchev–Trinajstić information content (AvgIpc) is 3.09. The van der Waals surface area contributed by atoms with Crippen molar-refractivity contribution in [2.24, 2.45) is 57.7 Å². The van der Waals surface area contributed by atoms with Gasteiger partial charge in [0.15, 0.2) is 0 Å². The zero-order valence-electron chi connectivity index (χ0n) is 32.7. The normalized spacial score (nSPS) is 41.5. The van der Waals surface area contributed by atoms with Gasteiger partial charge in [-0.3, -0.25) is 0 Å². The molecule has 0 aromatic rings. The van der Waals surface area contributed by atoms with Crippen molar-refractivity contribution in [2.75, 3.05) is 13.2 Å². The summed E-state index contributed by atoms with van der Waals surface area (Å²) < 4.78 is 0. The van der Waals surface area contributed by atoms with Crippen LogP contribution in [0.2, 0.25) is 0 Å². The summed E-state index contributed by atoms with van der Waals surface area (Å²) in [4.78, 5) is 0. The predicted octanol–water partition coefficient (Wildman–Crippen LogP) is 7.25. The SMILES string of the molecule is CC(C)(C1CCC(O)CC1)C1CCC(O)CC1.CC1(C)C(O)C(C)(C)C1O.CC1CCC2CC(O)CCC2C1.OCC1CCC(CO)CC1. The van der Waals surface area contributed by atoms with Crippen LogP contribution in [0.4, 0.5) is 0 Å². The van der Waals surface area contributed by atoms with Crippen LogP contribution in [0, 0.1) is 57.7 Å². The first-order valence-corrected chi connectivity index (χ1v) is 20.5. The number of aliphatic hydroxyl groups is 7. The summed E-state index contributed by atoms with van der Waals surface area (Å²) in [7, 11) is 0. The summed E-state index contributed by atoms with van der Waals surface area (Å²) in [5, 5.41) is 65.3. The van der Waals surface area contributed by atoms with Crippen LogP contribution in [-0.2, 0) is 0 Å². The summed E-state index contributed by atoms with van der Waals surface area (Å²) >= 11 is 0. The number of rotatable bonds is 4. The molecule has 7 heteroatoms. The second-order valence-corrected chi connectivity index (χ2v) is 19.4. The average molecular weight is 697 g/mol. The van der Waals surface area contributed by atoms with Gasteiger partial charge in [0.25, 0.3) is 0 Å². The van der Waals surface area contributed by atoms with Crippen LogP contribution in [-0.4, -0.2) is 79.5 Å². The van der Waals surface area contributed by atoms with Crippen molar-refractivity contribution in [1.29, 1.82) is 0 Å². The van der Waals surface area contributed by atoms with Crippen LogP contribution < -0.4 is 0 Å². The summed E-state index contributed by atoms with van der Waals surface area (Å²) in [5.74, 6) is 5.34. The van der Waals surface area contributed by atoms with Crippen LogP contribution in [0.5, 0.6) is 0 Å². The maximum Gasteiger partial charge on any atom is 0.0691 e. The molecule has 0 radical (unpaired) electrons. The third-order valence-electron chi connectivity index (χ3n) is 14.6. The number of hydrogen-bond acceptors (Lipinski definition) is 7. The second kappa shape index (κ2) is 19.2. The fraction of sp³-hybridized carbons (Fsp3) is 1.00. The Kier molecular flexibility index (Phi) is 16.9. The summed E-state index contributed by atoms with van der Waals surface area (Å²) in [6.45, 7) is 15.4. The molecule has 4 unspecified atom stereocenters. The van der Waals surface area contributed by atoms with Gasteiger partial charge in [0.1, 0.15) is 0 Å². The van der Waals surface area contributed by atoms with Gasteiger partial charge in [-0.1, -0.05) is 54.9 Å². The minimum atomic E-state index is -0.380. The summed E-state index contributed by atoms with van der Waals surface area (Å²) in [6.07, 6.45) is 19.9.